The van der Waals surface area contributed by atoms with Gasteiger partial charge >= 0.3 is 0 Å². The van der Waals surface area contributed by atoms with Crippen LogP contribution >= 0.6 is 0 Å². The standard InChI is InChI=1S/C13H16N4/c1-10-15-12(17-13(9-14)16-10)8-7-11-5-3-2-4-6-11/h2-6H,7-9,14H2,1H3. The van der Waals surface area contributed by atoms with Crippen molar-refractivity contribution in [1.82, 2.24) is 15.0 Å². The van der Waals surface area contributed by atoms with Gasteiger partial charge in [0.05, 0.1) is 6.54 Å². The van der Waals surface area contributed by atoms with Crippen molar-refractivity contribution in [3.05, 3.63) is 53.4 Å². The summed E-state index contributed by atoms with van der Waals surface area (Å²) >= 11 is 0. The number of hydrogen-bond donors (Lipinski definition) is 1. The van der Waals surface area contributed by atoms with Gasteiger partial charge in [-0.2, -0.15) is 0 Å². The zero-order chi connectivity index (χ0) is 12.1. The molecule has 0 radical (unpaired) electrons. The number of rotatable bonds is 4. The number of aryl methyl sites for hydroxylation is 3. The highest BCUT2D eigenvalue weighted by atomic mass is 15.0. The topological polar surface area (TPSA) is 64.7 Å². The Labute approximate surface area is 101 Å². The second kappa shape index (κ2) is 5.50. The van der Waals surface area contributed by atoms with Crippen LogP contribution in [0.4, 0.5) is 0 Å². The molecule has 4 heteroatoms. The maximum absolute atomic E-state index is 5.54. The van der Waals surface area contributed by atoms with E-state index in [1.165, 1.54) is 5.56 Å². The SMILES string of the molecule is Cc1nc(CN)nc(CCc2ccccc2)n1. The lowest BCUT2D eigenvalue weighted by Gasteiger charge is -2.03. The van der Waals surface area contributed by atoms with Gasteiger partial charge in [0.2, 0.25) is 0 Å². The van der Waals surface area contributed by atoms with Crippen LogP contribution < -0.4 is 5.73 Å². The lowest BCUT2D eigenvalue weighted by Crippen LogP contribution is -2.10. The van der Waals surface area contributed by atoms with E-state index >= 15 is 0 Å². The minimum Gasteiger partial charge on any atom is -0.324 e. The highest BCUT2D eigenvalue weighted by Gasteiger charge is 2.03. The smallest absolute Gasteiger partial charge is 0.146 e. The summed E-state index contributed by atoms with van der Waals surface area (Å²) in [6.45, 7) is 2.23. The third-order valence-electron chi connectivity index (χ3n) is 2.50. The Morgan fingerprint density at radius 2 is 1.65 bits per heavy atom. The molecule has 88 valence electrons. The van der Waals surface area contributed by atoms with Gasteiger partial charge in [-0.1, -0.05) is 30.3 Å². The predicted octanol–water partition coefficient (Wildman–Crippen LogP) is 1.42. The first-order valence-electron chi connectivity index (χ1n) is 5.72. The molecule has 0 fully saturated rings. The summed E-state index contributed by atoms with van der Waals surface area (Å²) < 4.78 is 0. The molecule has 0 spiro atoms. The third kappa shape index (κ3) is 3.32. The highest BCUT2D eigenvalue weighted by Crippen LogP contribution is 2.04. The first kappa shape index (κ1) is 11.7. The molecule has 4 nitrogen and oxygen atoms in total. The number of aromatic nitrogens is 3. The molecule has 1 aromatic heterocycles. The van der Waals surface area contributed by atoms with Gasteiger partial charge in [-0.05, 0) is 18.9 Å². The number of benzene rings is 1. The van der Waals surface area contributed by atoms with E-state index in [1.807, 2.05) is 25.1 Å². The van der Waals surface area contributed by atoms with Crippen LogP contribution in [-0.2, 0) is 19.4 Å². The van der Waals surface area contributed by atoms with Crippen LogP contribution in [0, 0.1) is 6.92 Å². The summed E-state index contributed by atoms with van der Waals surface area (Å²) in [5.74, 6) is 2.23. The van der Waals surface area contributed by atoms with Crippen LogP contribution in [-0.4, -0.2) is 15.0 Å². The van der Waals surface area contributed by atoms with E-state index < -0.39 is 0 Å². The van der Waals surface area contributed by atoms with Crippen molar-refractivity contribution >= 4 is 0 Å². The molecular weight excluding hydrogens is 212 g/mol. The van der Waals surface area contributed by atoms with E-state index in [0.717, 1.165) is 24.5 Å². The Bertz CT molecular complexity index is 482. The fourth-order valence-electron chi connectivity index (χ4n) is 1.70. The Morgan fingerprint density at radius 3 is 2.35 bits per heavy atom. The quantitative estimate of drug-likeness (QED) is 0.859. The van der Waals surface area contributed by atoms with Gasteiger partial charge in [0.1, 0.15) is 17.5 Å². The molecule has 2 rings (SSSR count). The maximum Gasteiger partial charge on any atom is 0.146 e. The van der Waals surface area contributed by atoms with Crippen LogP contribution in [0.15, 0.2) is 30.3 Å². The normalized spacial score (nSPS) is 10.5. The molecule has 0 amide bonds. The number of nitrogens with two attached hydrogens (primary N) is 1. The average molecular weight is 228 g/mol. The summed E-state index contributed by atoms with van der Waals surface area (Å²) in [6, 6.07) is 10.3. The molecule has 0 aliphatic heterocycles. The van der Waals surface area contributed by atoms with Crippen molar-refractivity contribution in [1.29, 1.82) is 0 Å². The summed E-state index contributed by atoms with van der Waals surface area (Å²) in [7, 11) is 0. The second-order valence-electron chi connectivity index (χ2n) is 3.90. The van der Waals surface area contributed by atoms with Crippen molar-refractivity contribution in [3.63, 3.8) is 0 Å². The summed E-state index contributed by atoms with van der Waals surface area (Å²) in [4.78, 5) is 12.8. The Hall–Kier alpha value is -1.81. The monoisotopic (exact) mass is 228 g/mol. The Morgan fingerprint density at radius 1 is 0.941 bits per heavy atom. The van der Waals surface area contributed by atoms with Crippen molar-refractivity contribution < 1.29 is 0 Å². The van der Waals surface area contributed by atoms with E-state index in [0.29, 0.717) is 12.4 Å². The predicted molar refractivity (Wildman–Crippen MR) is 66.3 cm³/mol. The van der Waals surface area contributed by atoms with Crippen molar-refractivity contribution in [2.45, 2.75) is 26.3 Å². The van der Waals surface area contributed by atoms with E-state index in [-0.39, 0.29) is 0 Å². The van der Waals surface area contributed by atoms with Gasteiger partial charge < -0.3 is 5.73 Å². The molecule has 17 heavy (non-hydrogen) atoms. The first-order valence-corrected chi connectivity index (χ1v) is 5.72. The number of hydrogen-bond acceptors (Lipinski definition) is 4. The maximum atomic E-state index is 5.54. The molecule has 0 saturated carbocycles. The largest absolute Gasteiger partial charge is 0.324 e. The Kier molecular flexibility index (Phi) is 3.77. The molecule has 2 aromatic rings. The van der Waals surface area contributed by atoms with E-state index in [2.05, 4.69) is 27.1 Å². The molecule has 0 bridgehead atoms. The molecular formula is C13H16N4. The fraction of sp³-hybridized carbons (Fsp3) is 0.308. The van der Waals surface area contributed by atoms with E-state index in [9.17, 15) is 0 Å². The zero-order valence-electron chi connectivity index (χ0n) is 9.93. The third-order valence-corrected chi connectivity index (χ3v) is 2.50. The zero-order valence-corrected chi connectivity index (χ0v) is 9.93. The van der Waals surface area contributed by atoms with Crippen LogP contribution in [0.3, 0.4) is 0 Å². The molecule has 0 unspecified atom stereocenters. The van der Waals surface area contributed by atoms with Crippen LogP contribution in [0.5, 0.6) is 0 Å². The van der Waals surface area contributed by atoms with Crippen molar-refractivity contribution in [3.8, 4) is 0 Å². The van der Waals surface area contributed by atoms with Crippen LogP contribution in [0.2, 0.25) is 0 Å². The van der Waals surface area contributed by atoms with Crippen molar-refractivity contribution in [2.75, 3.05) is 0 Å². The van der Waals surface area contributed by atoms with Crippen molar-refractivity contribution in [2.24, 2.45) is 5.73 Å². The molecule has 0 atom stereocenters. The van der Waals surface area contributed by atoms with Gasteiger partial charge in [0.25, 0.3) is 0 Å². The van der Waals surface area contributed by atoms with Gasteiger partial charge in [-0.3, -0.25) is 0 Å². The molecule has 1 heterocycles. The van der Waals surface area contributed by atoms with Crippen LogP contribution in [0.25, 0.3) is 0 Å². The molecule has 0 saturated heterocycles. The van der Waals surface area contributed by atoms with Gasteiger partial charge in [0, 0.05) is 6.42 Å². The second-order valence-corrected chi connectivity index (χ2v) is 3.90. The van der Waals surface area contributed by atoms with E-state index in [4.69, 9.17) is 5.73 Å². The van der Waals surface area contributed by atoms with Crippen LogP contribution in [0.1, 0.15) is 23.0 Å². The van der Waals surface area contributed by atoms with Gasteiger partial charge in [0.15, 0.2) is 0 Å². The highest BCUT2D eigenvalue weighted by molar-refractivity contribution is 5.15. The lowest BCUT2D eigenvalue weighted by molar-refractivity contribution is 0.763. The van der Waals surface area contributed by atoms with Gasteiger partial charge in [-0.15, -0.1) is 0 Å². The summed E-state index contributed by atoms with van der Waals surface area (Å²) in [5.41, 5.74) is 6.83. The minimum absolute atomic E-state index is 0.363. The summed E-state index contributed by atoms with van der Waals surface area (Å²) in [6.07, 6.45) is 1.76. The molecule has 0 aliphatic carbocycles. The van der Waals surface area contributed by atoms with Gasteiger partial charge in [-0.25, -0.2) is 15.0 Å². The van der Waals surface area contributed by atoms with E-state index in [1.54, 1.807) is 0 Å². The first-order chi connectivity index (χ1) is 8.28. The number of nitrogens with zero attached hydrogens (tertiary/aromatic N) is 3. The molecule has 1 aromatic carbocycles. The minimum atomic E-state index is 0.363. The lowest BCUT2D eigenvalue weighted by atomic mass is 10.1. The Balaban J connectivity index is 2.06. The summed E-state index contributed by atoms with van der Waals surface area (Å²) in [5, 5.41) is 0. The molecule has 2 N–H and O–H groups in total. The average Bonchev–Trinajstić information content (AvgIpc) is 2.37. The fourth-order valence-corrected chi connectivity index (χ4v) is 1.70. The molecule has 0 aliphatic rings.